The number of carbonyl (C=O) groups is 1. The van der Waals surface area contributed by atoms with E-state index in [1.165, 1.54) is 24.5 Å². The number of carbonyl (C=O) groups excluding carboxylic acids is 1. The molecule has 1 amide bonds. The van der Waals surface area contributed by atoms with E-state index in [1.807, 2.05) is 0 Å². The number of ether oxygens (including phenoxy) is 1. The molecule has 0 saturated carbocycles. The Morgan fingerprint density at radius 2 is 1.93 bits per heavy atom. The molecule has 0 saturated heterocycles. The van der Waals surface area contributed by atoms with Gasteiger partial charge in [-0.3, -0.25) is 4.79 Å². The van der Waals surface area contributed by atoms with Gasteiger partial charge in [0.15, 0.2) is 12.4 Å². The van der Waals surface area contributed by atoms with E-state index in [2.05, 4.69) is 19.7 Å². The van der Waals surface area contributed by atoms with Crippen LogP contribution in [-0.2, 0) is 4.79 Å². The van der Waals surface area contributed by atoms with E-state index in [4.69, 9.17) is 5.73 Å². The van der Waals surface area contributed by atoms with Crippen molar-refractivity contribution in [2.45, 2.75) is 6.18 Å². The van der Waals surface area contributed by atoms with Crippen LogP contribution in [0, 0.1) is 5.82 Å². The number of halogens is 4. The van der Waals surface area contributed by atoms with E-state index in [9.17, 15) is 22.4 Å². The molecule has 6 nitrogen and oxygen atoms in total. The summed E-state index contributed by atoms with van der Waals surface area (Å²) in [5.74, 6) is -2.38. The summed E-state index contributed by atoms with van der Waals surface area (Å²) in [5, 5.41) is 0.641. The molecule has 3 aromatic heterocycles. The smallest absolute Gasteiger partial charge is 0.422 e. The van der Waals surface area contributed by atoms with Crippen molar-refractivity contribution in [1.29, 1.82) is 0 Å². The molecule has 10 heteroatoms. The van der Waals surface area contributed by atoms with E-state index >= 15 is 0 Å². The molecule has 0 radical (unpaired) electrons. The van der Waals surface area contributed by atoms with Crippen LogP contribution in [0.5, 0.6) is 5.88 Å². The Kier molecular flexibility index (Phi) is 4.80. The standard InChI is InChI=1S/C17H12F4N4O2/c18-13-4-11(7-25-16(13)27-8-17(19,20)21)10-3-12-9(1-2-14(22)26)5-23-15(12)24-6-10/h1-7H,8H2,(H2,22,26)(H,23,24). The largest absolute Gasteiger partial charge is 0.466 e. The number of aromatic nitrogens is 3. The van der Waals surface area contributed by atoms with Crippen molar-refractivity contribution in [3.63, 3.8) is 0 Å². The fraction of sp³-hybridized carbons (Fsp3) is 0.118. The molecule has 0 unspecified atom stereocenters. The predicted octanol–water partition coefficient (Wildman–Crippen LogP) is 3.20. The average molecular weight is 380 g/mol. The number of amides is 1. The lowest BCUT2D eigenvalue weighted by atomic mass is 10.1. The third-order valence-electron chi connectivity index (χ3n) is 3.50. The summed E-state index contributed by atoms with van der Waals surface area (Å²) in [5.41, 5.74) is 7.01. The summed E-state index contributed by atoms with van der Waals surface area (Å²) >= 11 is 0. The number of nitrogens with zero attached hydrogens (tertiary/aromatic N) is 2. The van der Waals surface area contributed by atoms with Crippen molar-refractivity contribution in [3.05, 3.63) is 48.2 Å². The van der Waals surface area contributed by atoms with Crippen molar-refractivity contribution in [1.82, 2.24) is 15.0 Å². The van der Waals surface area contributed by atoms with Gasteiger partial charge in [0.2, 0.25) is 5.91 Å². The quantitative estimate of drug-likeness (QED) is 0.525. The summed E-state index contributed by atoms with van der Waals surface area (Å²) in [6.07, 6.45) is 2.35. The first-order valence-electron chi connectivity index (χ1n) is 7.53. The van der Waals surface area contributed by atoms with Gasteiger partial charge in [0.05, 0.1) is 0 Å². The predicted molar refractivity (Wildman–Crippen MR) is 89.1 cm³/mol. The highest BCUT2D eigenvalue weighted by atomic mass is 19.4. The van der Waals surface area contributed by atoms with Crippen LogP contribution in [0.4, 0.5) is 17.6 Å². The van der Waals surface area contributed by atoms with Crippen LogP contribution >= 0.6 is 0 Å². The number of H-pyrrole nitrogens is 1. The van der Waals surface area contributed by atoms with Crippen molar-refractivity contribution >= 4 is 23.0 Å². The maximum absolute atomic E-state index is 14.0. The Balaban J connectivity index is 1.92. The van der Waals surface area contributed by atoms with Gasteiger partial charge in [-0.2, -0.15) is 13.2 Å². The zero-order valence-electron chi connectivity index (χ0n) is 13.5. The number of fused-ring (bicyclic) bond motifs is 1. The van der Waals surface area contributed by atoms with Crippen molar-refractivity contribution in [2.75, 3.05) is 6.61 Å². The molecule has 0 aliphatic heterocycles. The zero-order valence-corrected chi connectivity index (χ0v) is 13.5. The second-order valence-corrected chi connectivity index (χ2v) is 5.51. The second kappa shape index (κ2) is 7.06. The minimum absolute atomic E-state index is 0.298. The monoisotopic (exact) mass is 380 g/mol. The molecule has 0 bridgehead atoms. The number of nitrogens with two attached hydrogens (primary N) is 1. The van der Waals surface area contributed by atoms with Crippen LogP contribution in [0.3, 0.4) is 0 Å². The first-order valence-corrected chi connectivity index (χ1v) is 7.53. The number of hydrogen-bond acceptors (Lipinski definition) is 4. The van der Waals surface area contributed by atoms with E-state index in [-0.39, 0.29) is 0 Å². The fourth-order valence-electron chi connectivity index (χ4n) is 2.33. The molecule has 140 valence electrons. The summed E-state index contributed by atoms with van der Waals surface area (Å²) < 4.78 is 54.8. The van der Waals surface area contributed by atoms with Crippen LogP contribution in [0.1, 0.15) is 5.56 Å². The second-order valence-electron chi connectivity index (χ2n) is 5.51. The molecule has 0 spiro atoms. The minimum Gasteiger partial charge on any atom is -0.466 e. The lowest BCUT2D eigenvalue weighted by molar-refractivity contribution is -0.154. The molecular formula is C17H12F4N4O2. The molecule has 3 heterocycles. The Bertz CT molecular complexity index is 1030. The first-order chi connectivity index (χ1) is 12.7. The highest BCUT2D eigenvalue weighted by Gasteiger charge is 2.29. The summed E-state index contributed by atoms with van der Waals surface area (Å²) in [4.78, 5) is 21.6. The molecule has 0 aromatic carbocycles. The summed E-state index contributed by atoms with van der Waals surface area (Å²) in [6.45, 7) is -1.64. The van der Waals surface area contributed by atoms with Gasteiger partial charge < -0.3 is 15.5 Å². The van der Waals surface area contributed by atoms with E-state index in [1.54, 1.807) is 12.3 Å². The number of pyridine rings is 2. The van der Waals surface area contributed by atoms with Crippen molar-refractivity contribution in [3.8, 4) is 17.0 Å². The van der Waals surface area contributed by atoms with Gasteiger partial charge in [0.1, 0.15) is 5.65 Å². The number of alkyl halides is 3. The van der Waals surface area contributed by atoms with Gasteiger partial charge >= 0.3 is 6.18 Å². The van der Waals surface area contributed by atoms with Crippen LogP contribution < -0.4 is 10.5 Å². The maximum atomic E-state index is 14.0. The fourth-order valence-corrected chi connectivity index (χ4v) is 2.33. The maximum Gasteiger partial charge on any atom is 0.422 e. The van der Waals surface area contributed by atoms with E-state index < -0.39 is 30.4 Å². The molecular weight excluding hydrogens is 368 g/mol. The van der Waals surface area contributed by atoms with Crippen LogP contribution in [0.25, 0.3) is 28.2 Å². The van der Waals surface area contributed by atoms with E-state index in [0.717, 1.165) is 6.07 Å². The molecule has 0 fully saturated rings. The van der Waals surface area contributed by atoms with Gasteiger partial charge in [-0.1, -0.05) is 0 Å². The molecule has 0 atom stereocenters. The SMILES string of the molecule is NC(=O)C=Cc1c[nH]c2ncc(-c3cnc(OCC(F)(F)F)c(F)c3)cc12. The molecule has 0 aliphatic rings. The normalized spacial score (nSPS) is 12.0. The van der Waals surface area contributed by atoms with Crippen LogP contribution in [0.15, 0.2) is 36.8 Å². The number of aromatic amines is 1. The van der Waals surface area contributed by atoms with Crippen molar-refractivity contribution < 1.29 is 27.1 Å². The summed E-state index contributed by atoms with van der Waals surface area (Å²) in [7, 11) is 0. The van der Waals surface area contributed by atoms with Crippen LogP contribution in [-0.4, -0.2) is 33.6 Å². The highest BCUT2D eigenvalue weighted by molar-refractivity contribution is 5.95. The number of rotatable bonds is 5. The zero-order chi connectivity index (χ0) is 19.6. The first kappa shape index (κ1) is 18.4. The Hall–Kier alpha value is -3.43. The van der Waals surface area contributed by atoms with Gasteiger partial charge in [-0.05, 0) is 18.2 Å². The van der Waals surface area contributed by atoms with Gasteiger partial charge in [0, 0.05) is 46.7 Å². The minimum atomic E-state index is -4.59. The van der Waals surface area contributed by atoms with Gasteiger partial charge in [0.25, 0.3) is 5.88 Å². The molecule has 3 aromatic rings. The average Bonchev–Trinajstić information content (AvgIpc) is 3.00. The van der Waals surface area contributed by atoms with Gasteiger partial charge in [-0.15, -0.1) is 0 Å². The molecule has 3 N–H and O–H groups in total. The van der Waals surface area contributed by atoms with E-state index in [0.29, 0.717) is 27.7 Å². The van der Waals surface area contributed by atoms with Crippen LogP contribution in [0.2, 0.25) is 0 Å². The number of hydrogen-bond donors (Lipinski definition) is 2. The molecule has 27 heavy (non-hydrogen) atoms. The Labute approximate surface area is 149 Å². The Morgan fingerprint density at radius 1 is 1.22 bits per heavy atom. The van der Waals surface area contributed by atoms with Gasteiger partial charge in [-0.25, -0.2) is 14.4 Å². The lowest BCUT2D eigenvalue weighted by Crippen LogP contribution is -2.20. The lowest BCUT2D eigenvalue weighted by Gasteiger charge is -2.09. The topological polar surface area (TPSA) is 93.9 Å². The molecule has 3 rings (SSSR count). The number of primary amides is 1. The number of nitrogens with one attached hydrogen (secondary N) is 1. The Morgan fingerprint density at radius 3 is 2.59 bits per heavy atom. The third-order valence-corrected chi connectivity index (χ3v) is 3.50. The summed E-state index contributed by atoms with van der Waals surface area (Å²) in [6, 6.07) is 2.68. The third kappa shape index (κ3) is 4.40. The highest BCUT2D eigenvalue weighted by Crippen LogP contribution is 2.28. The molecule has 0 aliphatic carbocycles. The van der Waals surface area contributed by atoms with Crippen molar-refractivity contribution in [2.24, 2.45) is 5.73 Å².